The Morgan fingerprint density at radius 3 is 2.21 bits per heavy atom. The van der Waals surface area contributed by atoms with Crippen LogP contribution >= 0.6 is 22.7 Å². The molecule has 0 aliphatic carbocycles. The molecule has 34 heavy (non-hydrogen) atoms. The molecule has 3 aromatic carbocycles. The summed E-state index contributed by atoms with van der Waals surface area (Å²) in [5, 5.41) is 2.25. The number of carbonyl (C=O) groups excluding carboxylic acids is 1. The number of anilines is 1. The van der Waals surface area contributed by atoms with Crippen LogP contribution in [0.5, 0.6) is 0 Å². The Kier molecular flexibility index (Phi) is 6.99. The molecule has 1 atom stereocenters. The zero-order valence-electron chi connectivity index (χ0n) is 18.6. The van der Waals surface area contributed by atoms with Crippen molar-refractivity contribution in [2.24, 2.45) is 0 Å². The molecule has 0 saturated heterocycles. The number of hydrogen-bond donors (Lipinski definition) is 1. The minimum atomic E-state index is -0.244. The molecular weight excluding hydrogens is 464 g/mol. The van der Waals surface area contributed by atoms with Crippen LogP contribution in [0.1, 0.15) is 20.6 Å². The third kappa shape index (κ3) is 4.89. The van der Waals surface area contributed by atoms with Crippen LogP contribution in [0.15, 0.2) is 91.0 Å². The number of rotatable bonds is 9. The van der Waals surface area contributed by atoms with Gasteiger partial charge in [0.2, 0.25) is 0 Å². The van der Waals surface area contributed by atoms with Crippen molar-refractivity contribution in [3.05, 3.63) is 101 Å². The number of fused-ring (bicyclic) bond motifs is 2. The first-order valence-electron chi connectivity index (χ1n) is 10.9. The van der Waals surface area contributed by atoms with E-state index in [4.69, 9.17) is 9.57 Å². The summed E-state index contributed by atoms with van der Waals surface area (Å²) in [5.41, 5.74) is 3.96. The predicted octanol–water partition coefficient (Wildman–Crippen LogP) is 6.63. The van der Waals surface area contributed by atoms with E-state index in [1.165, 1.54) is 21.4 Å². The normalized spacial score (nSPS) is 12.3. The molecule has 7 heteroatoms. The van der Waals surface area contributed by atoms with Crippen LogP contribution in [0.3, 0.4) is 0 Å². The molecule has 0 aliphatic heterocycles. The first-order valence-corrected chi connectivity index (χ1v) is 12.6. The maximum Gasteiger partial charge on any atom is 0.268 e. The zero-order chi connectivity index (χ0) is 23.3. The highest BCUT2D eigenvalue weighted by molar-refractivity contribution is 7.21. The summed E-state index contributed by atoms with van der Waals surface area (Å²) in [6.07, 6.45) is 0. The summed E-state index contributed by atoms with van der Waals surface area (Å²) in [7, 11) is 1.58. The first kappa shape index (κ1) is 22.7. The smallest absolute Gasteiger partial charge is 0.268 e. The van der Waals surface area contributed by atoms with Gasteiger partial charge in [0.25, 0.3) is 5.91 Å². The fourth-order valence-corrected chi connectivity index (χ4v) is 5.98. The van der Waals surface area contributed by atoms with Gasteiger partial charge in [-0.05, 0) is 47.2 Å². The van der Waals surface area contributed by atoms with Crippen LogP contribution in [-0.2, 0) is 9.57 Å². The van der Waals surface area contributed by atoms with E-state index in [2.05, 4.69) is 23.7 Å². The highest BCUT2D eigenvalue weighted by Crippen LogP contribution is 2.33. The molecule has 0 radical (unpaired) electrons. The van der Waals surface area contributed by atoms with Crippen LogP contribution in [0, 0.1) is 0 Å². The third-order valence-electron chi connectivity index (χ3n) is 5.50. The monoisotopic (exact) mass is 488 g/mol. The van der Waals surface area contributed by atoms with Gasteiger partial charge in [-0.1, -0.05) is 54.6 Å². The molecule has 2 heterocycles. The summed E-state index contributed by atoms with van der Waals surface area (Å²) >= 11 is 3.21. The number of nitrogens with zero attached hydrogens (tertiary/aromatic N) is 1. The van der Waals surface area contributed by atoms with Gasteiger partial charge in [-0.25, -0.2) is 0 Å². The summed E-state index contributed by atoms with van der Waals surface area (Å²) < 4.78 is 7.36. The minimum absolute atomic E-state index is 0.0351. The highest BCUT2D eigenvalue weighted by Gasteiger charge is 2.26. The van der Waals surface area contributed by atoms with Crippen LogP contribution in [-0.4, -0.2) is 26.4 Å². The third-order valence-corrected chi connectivity index (χ3v) is 7.84. The quantitative estimate of drug-likeness (QED) is 0.144. The Morgan fingerprint density at radius 2 is 1.53 bits per heavy atom. The van der Waals surface area contributed by atoms with Crippen LogP contribution < -0.4 is 10.4 Å². The van der Waals surface area contributed by atoms with Gasteiger partial charge >= 0.3 is 0 Å². The van der Waals surface area contributed by atoms with Crippen molar-refractivity contribution >= 4 is 54.4 Å². The molecule has 0 bridgehead atoms. The largest absolute Gasteiger partial charge is 0.357 e. The van der Waals surface area contributed by atoms with E-state index < -0.39 is 0 Å². The maximum absolute atomic E-state index is 13.8. The fourth-order valence-electron chi connectivity index (χ4n) is 3.87. The summed E-state index contributed by atoms with van der Waals surface area (Å²) in [5.74, 6) is -0.0351. The Bertz CT molecular complexity index is 1330. The van der Waals surface area contributed by atoms with E-state index in [1.54, 1.807) is 18.4 Å². The van der Waals surface area contributed by atoms with E-state index in [0.717, 1.165) is 20.7 Å². The Labute approximate surface area is 206 Å². The van der Waals surface area contributed by atoms with Gasteiger partial charge in [0, 0.05) is 33.6 Å². The van der Waals surface area contributed by atoms with Crippen molar-refractivity contribution in [3.63, 3.8) is 0 Å². The van der Waals surface area contributed by atoms with Gasteiger partial charge in [0.1, 0.15) is 0 Å². The van der Waals surface area contributed by atoms with Gasteiger partial charge in [-0.3, -0.25) is 9.63 Å². The number of carbonyl (C=O) groups is 1. The number of methoxy groups -OCH3 is 1. The molecule has 172 valence electrons. The molecule has 5 aromatic rings. The second kappa shape index (κ2) is 10.5. The van der Waals surface area contributed by atoms with Gasteiger partial charge < -0.3 is 9.64 Å². The Morgan fingerprint density at radius 1 is 0.882 bits per heavy atom. The van der Waals surface area contributed by atoms with Gasteiger partial charge in [-0.2, -0.15) is 5.48 Å². The maximum atomic E-state index is 13.8. The second-order valence-electron chi connectivity index (χ2n) is 7.81. The van der Waals surface area contributed by atoms with Gasteiger partial charge in [-0.15, -0.1) is 22.7 Å². The average molecular weight is 489 g/mol. The number of para-hydroxylation sites is 1. The number of thiophene rings is 2. The second-order valence-corrected chi connectivity index (χ2v) is 10.0. The Hall–Kier alpha value is -3.07. The van der Waals surface area contributed by atoms with Crippen molar-refractivity contribution < 1.29 is 14.4 Å². The van der Waals surface area contributed by atoms with E-state index in [0.29, 0.717) is 11.4 Å². The van der Waals surface area contributed by atoms with Crippen LogP contribution in [0.2, 0.25) is 0 Å². The summed E-state index contributed by atoms with van der Waals surface area (Å²) in [6, 6.07) is 30.0. The van der Waals surface area contributed by atoms with Crippen molar-refractivity contribution in [1.82, 2.24) is 5.48 Å². The zero-order valence-corrected chi connectivity index (χ0v) is 20.3. The fraction of sp³-hybridized carbons (Fsp3) is 0.148. The predicted molar refractivity (Wildman–Crippen MR) is 141 cm³/mol. The number of hydroxylamine groups is 1. The lowest BCUT2D eigenvalue weighted by Gasteiger charge is -2.27. The molecule has 5 nitrogen and oxygen atoms in total. The standard InChI is InChI=1S/C27H24N2O3S2/c1-31-18-32-28-22(25-15-19-9-5-7-13-23(19)33-25)17-29(21-11-3-2-4-12-21)27(30)26-16-20-10-6-8-14-24(20)34-26/h2-16,22,28H,17-18H2,1H3. The van der Waals surface area contributed by atoms with Crippen molar-refractivity contribution in [1.29, 1.82) is 0 Å². The molecular formula is C27H24N2O3S2. The molecule has 1 amide bonds. The van der Waals surface area contributed by atoms with E-state index in [1.807, 2.05) is 77.7 Å². The molecule has 1 unspecified atom stereocenters. The number of ether oxygens (including phenoxy) is 1. The number of amides is 1. The van der Waals surface area contributed by atoms with Crippen LogP contribution in [0.25, 0.3) is 20.2 Å². The average Bonchev–Trinajstić information content (AvgIpc) is 3.51. The molecule has 0 fully saturated rings. The Balaban J connectivity index is 1.51. The number of benzene rings is 3. The van der Waals surface area contributed by atoms with Crippen molar-refractivity contribution in [2.75, 3.05) is 25.3 Å². The SMILES string of the molecule is COCONC(CN(C(=O)c1cc2ccccc2s1)c1ccccc1)c1cc2ccccc2s1. The van der Waals surface area contributed by atoms with Gasteiger partial charge in [0.05, 0.1) is 10.9 Å². The highest BCUT2D eigenvalue weighted by atomic mass is 32.1. The van der Waals surface area contributed by atoms with E-state index >= 15 is 0 Å². The molecule has 2 aromatic heterocycles. The van der Waals surface area contributed by atoms with Crippen molar-refractivity contribution in [3.8, 4) is 0 Å². The minimum Gasteiger partial charge on any atom is -0.357 e. The van der Waals surface area contributed by atoms with Crippen LogP contribution in [0.4, 0.5) is 5.69 Å². The molecule has 1 N–H and O–H groups in total. The number of nitrogens with one attached hydrogen (secondary N) is 1. The van der Waals surface area contributed by atoms with Crippen molar-refractivity contribution in [2.45, 2.75) is 6.04 Å². The lowest BCUT2D eigenvalue weighted by atomic mass is 10.1. The molecule has 0 spiro atoms. The number of hydrogen-bond acceptors (Lipinski definition) is 6. The van der Waals surface area contributed by atoms with E-state index in [-0.39, 0.29) is 18.7 Å². The van der Waals surface area contributed by atoms with E-state index in [9.17, 15) is 4.79 Å². The lowest BCUT2D eigenvalue weighted by molar-refractivity contribution is -0.0934. The summed E-state index contributed by atoms with van der Waals surface area (Å²) in [4.78, 5) is 23.0. The molecule has 0 aliphatic rings. The molecule has 0 saturated carbocycles. The first-order chi connectivity index (χ1) is 16.7. The molecule has 5 rings (SSSR count). The summed E-state index contributed by atoms with van der Waals surface area (Å²) in [6.45, 7) is 0.505. The topological polar surface area (TPSA) is 50.8 Å². The lowest BCUT2D eigenvalue weighted by Crippen LogP contribution is -2.39. The van der Waals surface area contributed by atoms with Gasteiger partial charge in [0.15, 0.2) is 6.79 Å².